The highest BCUT2D eigenvalue weighted by Gasteiger charge is 2.22. The zero-order chi connectivity index (χ0) is 7.78. The number of aromatic nitrogens is 3. The predicted molar refractivity (Wildman–Crippen MR) is 32.7 cm³/mol. The van der Waals surface area contributed by atoms with Crippen molar-refractivity contribution in [3.05, 3.63) is 6.33 Å². The Labute approximate surface area is 56.7 Å². The van der Waals surface area contributed by atoms with Gasteiger partial charge in [-0.25, -0.2) is 9.67 Å². The summed E-state index contributed by atoms with van der Waals surface area (Å²) in [5.41, 5.74) is -0.312. The van der Waals surface area contributed by atoms with Crippen molar-refractivity contribution in [2.75, 3.05) is 0 Å². The zero-order valence-electron chi connectivity index (χ0n) is 5.17. The first-order valence-electron chi connectivity index (χ1n) is 2.42. The van der Waals surface area contributed by atoms with E-state index < -0.39 is 7.60 Å². The Morgan fingerprint density at radius 3 is 2.50 bits per heavy atom. The molecule has 1 aromatic heterocycles. The molecule has 0 aliphatic heterocycles. The van der Waals surface area contributed by atoms with Crippen LogP contribution in [0.4, 0.5) is 0 Å². The number of nitrogens with zero attached hydrogens (tertiary/aromatic N) is 3. The molecular weight excluding hydrogens is 157 g/mol. The van der Waals surface area contributed by atoms with Crippen molar-refractivity contribution in [3.63, 3.8) is 0 Å². The molecule has 1 heterocycles. The number of hydrogen-bond acceptors (Lipinski definition) is 3. The van der Waals surface area contributed by atoms with E-state index in [0.717, 1.165) is 11.0 Å². The van der Waals surface area contributed by atoms with Gasteiger partial charge in [0, 0.05) is 7.05 Å². The molecule has 1 rings (SSSR count). The minimum atomic E-state index is -4.22. The number of hydrogen-bond donors (Lipinski definition) is 2. The van der Waals surface area contributed by atoms with Gasteiger partial charge in [-0.05, 0) is 0 Å². The first-order chi connectivity index (χ1) is 4.52. The fourth-order valence-electron chi connectivity index (χ4n) is 0.554. The Kier molecular flexibility index (Phi) is 1.60. The van der Waals surface area contributed by atoms with Crippen LogP contribution in [0.1, 0.15) is 0 Å². The molecule has 10 heavy (non-hydrogen) atoms. The van der Waals surface area contributed by atoms with Gasteiger partial charge < -0.3 is 9.79 Å². The smallest absolute Gasteiger partial charge is 0.319 e. The van der Waals surface area contributed by atoms with Crippen molar-refractivity contribution in [1.29, 1.82) is 0 Å². The van der Waals surface area contributed by atoms with Crippen molar-refractivity contribution in [2.24, 2.45) is 7.05 Å². The average Bonchev–Trinajstić information content (AvgIpc) is 2.11. The molecule has 0 saturated carbocycles. The second kappa shape index (κ2) is 2.16. The Morgan fingerprint density at radius 1 is 1.70 bits per heavy atom. The van der Waals surface area contributed by atoms with E-state index in [1.165, 1.54) is 7.05 Å². The largest absolute Gasteiger partial charge is 0.393 e. The van der Waals surface area contributed by atoms with Crippen LogP contribution in [-0.2, 0) is 11.6 Å². The van der Waals surface area contributed by atoms with Crippen LogP contribution < -0.4 is 5.57 Å². The third-order valence-electron chi connectivity index (χ3n) is 0.948. The number of rotatable bonds is 1. The van der Waals surface area contributed by atoms with Gasteiger partial charge in [-0.3, -0.25) is 4.57 Å². The van der Waals surface area contributed by atoms with Crippen LogP contribution in [0.25, 0.3) is 0 Å². The van der Waals surface area contributed by atoms with Gasteiger partial charge in [0.15, 0.2) is 0 Å². The molecule has 0 saturated heterocycles. The third kappa shape index (κ3) is 1.23. The van der Waals surface area contributed by atoms with Crippen molar-refractivity contribution < 1.29 is 14.4 Å². The lowest BCUT2D eigenvalue weighted by Crippen LogP contribution is -2.17. The monoisotopic (exact) mass is 163 g/mol. The minimum absolute atomic E-state index is 0.312. The second-order valence-corrected chi connectivity index (χ2v) is 3.22. The van der Waals surface area contributed by atoms with Crippen molar-refractivity contribution >= 4 is 13.2 Å². The molecule has 0 atom stereocenters. The van der Waals surface area contributed by atoms with Gasteiger partial charge in [0.05, 0.1) is 0 Å². The van der Waals surface area contributed by atoms with Crippen LogP contribution in [0.2, 0.25) is 0 Å². The van der Waals surface area contributed by atoms with Crippen LogP contribution in [-0.4, -0.2) is 24.6 Å². The fourth-order valence-corrected chi connectivity index (χ4v) is 1.18. The van der Waals surface area contributed by atoms with Crippen LogP contribution in [0, 0.1) is 0 Å². The summed E-state index contributed by atoms with van der Waals surface area (Å²) >= 11 is 0. The Balaban J connectivity index is 3.18. The molecule has 0 aliphatic rings. The Hall–Kier alpha value is -0.710. The molecule has 0 fully saturated rings. The molecule has 7 heteroatoms. The van der Waals surface area contributed by atoms with E-state index in [0.29, 0.717) is 0 Å². The van der Waals surface area contributed by atoms with E-state index in [4.69, 9.17) is 9.79 Å². The molecule has 0 aromatic carbocycles. The normalized spacial score (nSPS) is 11.9. The Morgan fingerprint density at radius 2 is 2.30 bits per heavy atom. The van der Waals surface area contributed by atoms with Crippen molar-refractivity contribution in [3.8, 4) is 0 Å². The highest BCUT2D eigenvalue weighted by molar-refractivity contribution is 7.59. The van der Waals surface area contributed by atoms with Crippen molar-refractivity contribution in [2.45, 2.75) is 0 Å². The standard InChI is InChI=1S/C3H6N3O3P/c1-6-3(4-2-5-6)10(7,8)9/h2H,1H3,(H2,7,8,9). The summed E-state index contributed by atoms with van der Waals surface area (Å²) in [6, 6.07) is 0. The van der Waals surface area contributed by atoms with Gasteiger partial charge in [0.1, 0.15) is 6.33 Å². The highest BCUT2D eigenvalue weighted by Crippen LogP contribution is 2.30. The lowest BCUT2D eigenvalue weighted by atomic mass is 11.2. The van der Waals surface area contributed by atoms with Crippen LogP contribution in [0.5, 0.6) is 0 Å². The summed E-state index contributed by atoms with van der Waals surface area (Å²) < 4.78 is 11.5. The molecule has 0 unspecified atom stereocenters. The summed E-state index contributed by atoms with van der Waals surface area (Å²) in [6.45, 7) is 0. The van der Waals surface area contributed by atoms with E-state index in [-0.39, 0.29) is 5.57 Å². The molecule has 6 nitrogen and oxygen atoms in total. The minimum Gasteiger partial charge on any atom is -0.319 e. The number of aryl methyl sites for hydroxylation is 1. The average molecular weight is 163 g/mol. The summed E-state index contributed by atoms with van der Waals surface area (Å²) in [6.07, 6.45) is 1.09. The topological polar surface area (TPSA) is 88.2 Å². The molecule has 0 spiro atoms. The maximum Gasteiger partial charge on any atom is 0.393 e. The van der Waals surface area contributed by atoms with Gasteiger partial charge in [0.2, 0.25) is 5.57 Å². The first kappa shape index (κ1) is 7.40. The van der Waals surface area contributed by atoms with Crippen LogP contribution >= 0.6 is 7.60 Å². The first-order valence-corrected chi connectivity index (χ1v) is 4.03. The van der Waals surface area contributed by atoms with Crippen LogP contribution in [0.15, 0.2) is 6.33 Å². The molecule has 56 valence electrons. The van der Waals surface area contributed by atoms with E-state index in [1.54, 1.807) is 0 Å². The van der Waals surface area contributed by atoms with Crippen molar-refractivity contribution in [1.82, 2.24) is 14.8 Å². The maximum absolute atomic E-state index is 10.5. The van der Waals surface area contributed by atoms with Gasteiger partial charge in [-0.2, -0.15) is 5.10 Å². The second-order valence-electron chi connectivity index (χ2n) is 1.73. The van der Waals surface area contributed by atoms with Crippen LogP contribution in [0.3, 0.4) is 0 Å². The summed E-state index contributed by atoms with van der Waals surface area (Å²) in [5.74, 6) is 0. The highest BCUT2D eigenvalue weighted by atomic mass is 31.2. The fraction of sp³-hybridized carbons (Fsp3) is 0.333. The van der Waals surface area contributed by atoms with Gasteiger partial charge >= 0.3 is 7.60 Å². The summed E-state index contributed by atoms with van der Waals surface area (Å²) in [5, 5.41) is 3.50. The van der Waals surface area contributed by atoms with E-state index in [2.05, 4.69) is 10.1 Å². The SMILES string of the molecule is Cn1ncnc1P(=O)(O)O. The predicted octanol–water partition coefficient (Wildman–Crippen LogP) is -1.38. The lowest BCUT2D eigenvalue weighted by Gasteiger charge is -1.99. The quantitative estimate of drug-likeness (QED) is 0.498. The van der Waals surface area contributed by atoms with Gasteiger partial charge in [-0.1, -0.05) is 0 Å². The van der Waals surface area contributed by atoms with E-state index in [1.807, 2.05) is 0 Å². The third-order valence-corrected chi connectivity index (χ3v) is 1.87. The van der Waals surface area contributed by atoms with E-state index >= 15 is 0 Å². The lowest BCUT2D eigenvalue weighted by molar-refractivity contribution is 0.383. The molecule has 0 radical (unpaired) electrons. The zero-order valence-corrected chi connectivity index (χ0v) is 6.06. The van der Waals surface area contributed by atoms with Gasteiger partial charge in [-0.15, -0.1) is 0 Å². The van der Waals surface area contributed by atoms with Gasteiger partial charge in [0.25, 0.3) is 0 Å². The molecule has 0 amide bonds. The summed E-state index contributed by atoms with van der Waals surface area (Å²) in [4.78, 5) is 20.5. The molecule has 0 aliphatic carbocycles. The maximum atomic E-state index is 10.5. The van der Waals surface area contributed by atoms with E-state index in [9.17, 15) is 4.57 Å². The molecule has 0 bridgehead atoms. The molecule has 2 N–H and O–H groups in total. The summed E-state index contributed by atoms with van der Waals surface area (Å²) in [7, 11) is -2.80. The molecular formula is C3H6N3O3P. The molecule has 1 aromatic rings. The Bertz CT molecular complexity index is 276.